The quantitative estimate of drug-likeness (QED) is 0.790. The van der Waals surface area contributed by atoms with Gasteiger partial charge in [0.2, 0.25) is 0 Å². The zero-order valence-corrected chi connectivity index (χ0v) is 13.3. The van der Waals surface area contributed by atoms with Crippen molar-refractivity contribution in [2.45, 2.75) is 25.8 Å². The van der Waals surface area contributed by atoms with E-state index >= 15 is 0 Å². The first kappa shape index (κ1) is 14.2. The van der Waals surface area contributed by atoms with Crippen LogP contribution in [0, 0.1) is 3.57 Å². The van der Waals surface area contributed by atoms with Gasteiger partial charge in [0.25, 0.3) is 0 Å². The first-order valence-electron chi connectivity index (χ1n) is 6.23. The molecule has 0 saturated carbocycles. The average molecular weight is 378 g/mol. The lowest BCUT2D eigenvalue weighted by Crippen LogP contribution is -2.25. The summed E-state index contributed by atoms with van der Waals surface area (Å²) < 4.78 is 6.85. The third-order valence-corrected chi connectivity index (χ3v) is 4.50. The Morgan fingerprint density at radius 2 is 2.33 bits per heavy atom. The van der Waals surface area contributed by atoms with E-state index in [9.17, 15) is 0 Å². The first-order chi connectivity index (χ1) is 8.72. The number of nitrogens with one attached hydrogen (secondary N) is 1. The predicted molar refractivity (Wildman–Crippen MR) is 83.9 cm³/mol. The van der Waals surface area contributed by atoms with E-state index in [4.69, 9.17) is 16.3 Å². The number of halogens is 2. The number of allylic oxidation sites excluding steroid dienone is 1. The molecule has 98 valence electrons. The van der Waals surface area contributed by atoms with E-state index in [1.54, 1.807) is 0 Å². The maximum absolute atomic E-state index is 6.20. The molecule has 18 heavy (non-hydrogen) atoms. The Kier molecular flexibility index (Phi) is 5.33. The van der Waals surface area contributed by atoms with Crippen LogP contribution in [0.4, 0.5) is 0 Å². The molecule has 1 N–H and O–H groups in total. The lowest BCUT2D eigenvalue weighted by atomic mass is 10.0. The molecule has 1 atom stereocenters. The summed E-state index contributed by atoms with van der Waals surface area (Å²) >= 11 is 8.44. The summed E-state index contributed by atoms with van der Waals surface area (Å²) in [5, 5.41) is 4.26. The van der Waals surface area contributed by atoms with Crippen molar-refractivity contribution < 1.29 is 4.74 Å². The van der Waals surface area contributed by atoms with Crippen LogP contribution in [0.5, 0.6) is 0 Å². The van der Waals surface area contributed by atoms with Gasteiger partial charge in [0.05, 0.1) is 17.7 Å². The maximum atomic E-state index is 6.20. The lowest BCUT2D eigenvalue weighted by molar-refractivity contribution is 0.168. The van der Waals surface area contributed by atoms with Gasteiger partial charge in [-0.05, 0) is 65.7 Å². The molecule has 0 aromatic heterocycles. The second-order valence-corrected chi connectivity index (χ2v) is 5.83. The van der Waals surface area contributed by atoms with Crippen molar-refractivity contribution in [1.82, 2.24) is 5.32 Å². The molecule has 0 radical (unpaired) electrons. The summed E-state index contributed by atoms with van der Waals surface area (Å²) in [6, 6.07) is 6.30. The van der Waals surface area contributed by atoms with Gasteiger partial charge in [0, 0.05) is 3.57 Å². The lowest BCUT2D eigenvalue weighted by Gasteiger charge is -2.25. The molecule has 0 fully saturated rings. The largest absolute Gasteiger partial charge is 0.496 e. The predicted octanol–water partition coefficient (Wildman–Crippen LogP) is 4.29. The molecule has 1 aliphatic rings. The van der Waals surface area contributed by atoms with E-state index in [0.29, 0.717) is 0 Å². The van der Waals surface area contributed by atoms with Crippen LogP contribution in [0.2, 0.25) is 5.02 Å². The van der Waals surface area contributed by atoms with Gasteiger partial charge in [-0.3, -0.25) is 0 Å². The molecule has 0 spiro atoms. The van der Waals surface area contributed by atoms with Crippen LogP contribution in [0.15, 0.2) is 30.0 Å². The van der Waals surface area contributed by atoms with E-state index in [2.05, 4.69) is 47.0 Å². The van der Waals surface area contributed by atoms with Crippen LogP contribution in [0.3, 0.4) is 0 Å². The molecule has 4 heteroatoms. The Hall–Kier alpha value is -0.260. The Labute approximate surface area is 127 Å². The Morgan fingerprint density at radius 1 is 1.50 bits per heavy atom. The molecule has 0 saturated heterocycles. The van der Waals surface area contributed by atoms with Crippen molar-refractivity contribution in [3.05, 3.63) is 44.2 Å². The van der Waals surface area contributed by atoms with E-state index in [1.807, 2.05) is 12.1 Å². The maximum Gasteiger partial charge on any atom is 0.113 e. The van der Waals surface area contributed by atoms with Crippen molar-refractivity contribution in [2.24, 2.45) is 0 Å². The fraction of sp³-hybridized carbons (Fsp3) is 0.429. The highest BCUT2D eigenvalue weighted by Gasteiger charge is 2.19. The van der Waals surface area contributed by atoms with Crippen molar-refractivity contribution in [3.63, 3.8) is 0 Å². The Morgan fingerprint density at radius 3 is 2.94 bits per heavy atom. The summed E-state index contributed by atoms with van der Waals surface area (Å²) in [7, 11) is 0. The van der Waals surface area contributed by atoms with Gasteiger partial charge in [-0.25, -0.2) is 0 Å². The Balaban J connectivity index is 2.28. The van der Waals surface area contributed by atoms with Gasteiger partial charge in [0.15, 0.2) is 0 Å². The summed E-state index contributed by atoms with van der Waals surface area (Å²) in [6.45, 7) is 3.81. The molecular weight excluding hydrogens is 361 g/mol. The number of ether oxygens (including phenoxy) is 1. The van der Waals surface area contributed by atoms with E-state index in [1.165, 1.54) is 0 Å². The van der Waals surface area contributed by atoms with E-state index < -0.39 is 0 Å². The normalized spacial score (nSPS) is 16.9. The summed E-state index contributed by atoms with van der Waals surface area (Å²) in [5.41, 5.74) is 1.16. The van der Waals surface area contributed by atoms with Crippen LogP contribution in [-0.2, 0) is 4.74 Å². The van der Waals surface area contributed by atoms with Gasteiger partial charge in [-0.2, -0.15) is 0 Å². The van der Waals surface area contributed by atoms with Gasteiger partial charge in [0.1, 0.15) is 5.76 Å². The molecule has 1 heterocycles. The van der Waals surface area contributed by atoms with E-state index in [-0.39, 0.29) is 6.04 Å². The highest BCUT2D eigenvalue weighted by atomic mass is 127. The number of likely N-dealkylation sites (N-methyl/N-ethyl adjacent to an activating group) is 1. The van der Waals surface area contributed by atoms with Crippen LogP contribution >= 0.6 is 34.2 Å². The number of hydrogen-bond acceptors (Lipinski definition) is 2. The minimum Gasteiger partial charge on any atom is -0.496 e. The minimum absolute atomic E-state index is 0.116. The van der Waals surface area contributed by atoms with Crippen molar-refractivity contribution in [1.29, 1.82) is 0 Å². The number of rotatable bonds is 4. The van der Waals surface area contributed by atoms with Crippen molar-refractivity contribution >= 4 is 34.2 Å². The average Bonchev–Trinajstić information content (AvgIpc) is 2.40. The van der Waals surface area contributed by atoms with Crippen LogP contribution in [0.25, 0.3) is 0 Å². The summed E-state index contributed by atoms with van der Waals surface area (Å²) in [6.07, 6.45) is 4.38. The summed E-state index contributed by atoms with van der Waals surface area (Å²) in [4.78, 5) is 0. The minimum atomic E-state index is 0.116. The van der Waals surface area contributed by atoms with E-state index in [0.717, 1.165) is 45.9 Å². The summed E-state index contributed by atoms with van der Waals surface area (Å²) in [5.74, 6) is 1.03. The monoisotopic (exact) mass is 377 g/mol. The van der Waals surface area contributed by atoms with Crippen molar-refractivity contribution in [3.8, 4) is 0 Å². The standard InChI is InChI=1S/C14H17ClINO/c1-2-17-14(13-5-3-4-8-18-13)10-6-7-12(16)11(15)9-10/h5-7,9,14,17H,2-4,8H2,1H3. The molecule has 0 aliphatic carbocycles. The first-order valence-corrected chi connectivity index (χ1v) is 7.69. The SMILES string of the molecule is CCNC(C1=CCCCO1)c1ccc(I)c(Cl)c1. The third-order valence-electron chi connectivity index (χ3n) is 2.93. The smallest absolute Gasteiger partial charge is 0.113 e. The van der Waals surface area contributed by atoms with Gasteiger partial charge in [-0.1, -0.05) is 24.6 Å². The highest BCUT2D eigenvalue weighted by molar-refractivity contribution is 14.1. The van der Waals surface area contributed by atoms with Gasteiger partial charge >= 0.3 is 0 Å². The zero-order valence-electron chi connectivity index (χ0n) is 10.4. The number of hydrogen-bond donors (Lipinski definition) is 1. The highest BCUT2D eigenvalue weighted by Crippen LogP contribution is 2.29. The second-order valence-electron chi connectivity index (χ2n) is 4.26. The van der Waals surface area contributed by atoms with Gasteiger partial charge in [-0.15, -0.1) is 0 Å². The van der Waals surface area contributed by atoms with Crippen LogP contribution in [0.1, 0.15) is 31.4 Å². The molecule has 1 aliphatic heterocycles. The third kappa shape index (κ3) is 3.39. The van der Waals surface area contributed by atoms with Crippen molar-refractivity contribution in [2.75, 3.05) is 13.2 Å². The molecular formula is C14H17ClINO. The molecule has 1 aromatic rings. The topological polar surface area (TPSA) is 21.3 Å². The molecule has 0 bridgehead atoms. The van der Waals surface area contributed by atoms with Crippen LogP contribution < -0.4 is 5.32 Å². The molecule has 1 unspecified atom stereocenters. The fourth-order valence-electron chi connectivity index (χ4n) is 2.06. The van der Waals surface area contributed by atoms with Gasteiger partial charge < -0.3 is 10.1 Å². The molecule has 2 rings (SSSR count). The molecule has 0 amide bonds. The molecule has 1 aromatic carbocycles. The zero-order chi connectivity index (χ0) is 13.0. The fourth-order valence-corrected chi connectivity index (χ4v) is 2.58. The Bertz CT molecular complexity index is 447. The number of benzene rings is 1. The van der Waals surface area contributed by atoms with Crippen LogP contribution in [-0.4, -0.2) is 13.2 Å². The molecule has 2 nitrogen and oxygen atoms in total. The second kappa shape index (κ2) is 6.78.